The molecule has 0 aliphatic rings. The van der Waals surface area contributed by atoms with Crippen LogP contribution in [0.3, 0.4) is 0 Å². The summed E-state index contributed by atoms with van der Waals surface area (Å²) >= 11 is 0. The highest BCUT2D eigenvalue weighted by molar-refractivity contribution is 5.16. The van der Waals surface area contributed by atoms with E-state index in [0.717, 1.165) is 19.3 Å². The lowest BCUT2D eigenvalue weighted by Crippen LogP contribution is -2.28. The Morgan fingerprint density at radius 1 is 1.24 bits per heavy atom. The smallest absolute Gasteiger partial charge is 0.0833 e. The van der Waals surface area contributed by atoms with Crippen LogP contribution in [0.4, 0.5) is 0 Å². The van der Waals surface area contributed by atoms with Gasteiger partial charge in [-0.05, 0) is 37.7 Å². The molecule has 0 fully saturated rings. The van der Waals surface area contributed by atoms with E-state index in [1.165, 1.54) is 5.56 Å². The average Bonchev–Trinajstić information content (AvgIpc) is 2.27. The molecule has 0 aromatic heterocycles. The molecule has 1 rings (SSSR count). The fraction of sp³-hybridized carbons (Fsp3) is 0.500. The number of aliphatic hydroxyl groups is 1. The van der Waals surface area contributed by atoms with Crippen LogP contribution in [0.25, 0.3) is 0 Å². The van der Waals surface area contributed by atoms with Crippen LogP contribution in [-0.2, 0) is 6.42 Å². The zero-order valence-corrected chi connectivity index (χ0v) is 11.2. The maximum absolute atomic E-state index is 10.6. The van der Waals surface area contributed by atoms with Crippen LogP contribution < -0.4 is 0 Å². The first-order valence-corrected chi connectivity index (χ1v) is 6.46. The zero-order chi connectivity index (χ0) is 12.7. The average molecular weight is 232 g/mol. The molecule has 94 valence electrons. The molecule has 0 radical (unpaired) electrons. The SMILES string of the molecule is C/C=C/[C@](O)(CCc1ccccc1)CC(C)C. The minimum absolute atomic E-state index is 0.506. The van der Waals surface area contributed by atoms with E-state index in [0.29, 0.717) is 5.92 Å². The Morgan fingerprint density at radius 3 is 2.41 bits per heavy atom. The Morgan fingerprint density at radius 2 is 1.88 bits per heavy atom. The Hall–Kier alpha value is -1.08. The zero-order valence-electron chi connectivity index (χ0n) is 11.2. The third-order valence-electron chi connectivity index (χ3n) is 2.93. The van der Waals surface area contributed by atoms with E-state index in [9.17, 15) is 5.11 Å². The fourth-order valence-electron chi connectivity index (χ4n) is 2.28. The van der Waals surface area contributed by atoms with Crippen molar-refractivity contribution in [1.82, 2.24) is 0 Å². The predicted molar refractivity (Wildman–Crippen MR) is 74.0 cm³/mol. The first kappa shape index (κ1) is 14.0. The van der Waals surface area contributed by atoms with Gasteiger partial charge < -0.3 is 5.11 Å². The highest BCUT2D eigenvalue weighted by Gasteiger charge is 2.24. The summed E-state index contributed by atoms with van der Waals surface area (Å²) in [6, 6.07) is 10.4. The van der Waals surface area contributed by atoms with E-state index in [1.807, 2.05) is 37.3 Å². The summed E-state index contributed by atoms with van der Waals surface area (Å²) in [7, 11) is 0. The van der Waals surface area contributed by atoms with Crippen LogP contribution in [0.1, 0.15) is 39.2 Å². The summed E-state index contributed by atoms with van der Waals surface area (Å²) in [4.78, 5) is 0. The Bertz CT molecular complexity index is 340. The van der Waals surface area contributed by atoms with Crippen molar-refractivity contribution in [3.63, 3.8) is 0 Å². The highest BCUT2D eigenvalue weighted by Crippen LogP contribution is 2.24. The molecule has 1 aromatic carbocycles. The van der Waals surface area contributed by atoms with E-state index >= 15 is 0 Å². The minimum Gasteiger partial charge on any atom is -0.386 e. The molecule has 0 amide bonds. The molecule has 0 unspecified atom stereocenters. The van der Waals surface area contributed by atoms with Crippen molar-refractivity contribution >= 4 is 0 Å². The van der Waals surface area contributed by atoms with Gasteiger partial charge in [-0.25, -0.2) is 0 Å². The molecule has 0 saturated carbocycles. The van der Waals surface area contributed by atoms with Gasteiger partial charge in [0.25, 0.3) is 0 Å². The second kappa shape index (κ2) is 6.61. The van der Waals surface area contributed by atoms with Crippen molar-refractivity contribution in [2.75, 3.05) is 0 Å². The molecule has 0 heterocycles. The van der Waals surface area contributed by atoms with Gasteiger partial charge in [0, 0.05) is 0 Å². The van der Waals surface area contributed by atoms with Crippen LogP contribution in [0.15, 0.2) is 42.5 Å². The number of allylic oxidation sites excluding steroid dienone is 1. The predicted octanol–water partition coefficient (Wildman–Crippen LogP) is 3.97. The standard InChI is InChI=1S/C16H24O/c1-4-11-16(17,13-14(2)3)12-10-15-8-6-5-7-9-15/h4-9,11,14,17H,10,12-13H2,1-3H3/b11-4+/t16-/m0/s1. The van der Waals surface area contributed by atoms with E-state index < -0.39 is 5.60 Å². The molecule has 0 saturated heterocycles. The molecule has 17 heavy (non-hydrogen) atoms. The maximum Gasteiger partial charge on any atom is 0.0833 e. The summed E-state index contributed by atoms with van der Waals surface area (Å²) in [5.74, 6) is 0.506. The lowest BCUT2D eigenvalue weighted by Gasteiger charge is -2.26. The summed E-state index contributed by atoms with van der Waals surface area (Å²) in [6.45, 7) is 6.27. The Labute approximate surface area is 105 Å². The van der Waals surface area contributed by atoms with E-state index in [-0.39, 0.29) is 0 Å². The molecule has 1 heteroatoms. The van der Waals surface area contributed by atoms with Crippen molar-refractivity contribution in [2.45, 2.75) is 45.6 Å². The second-order valence-electron chi connectivity index (χ2n) is 5.19. The normalized spacial score (nSPS) is 15.4. The molecule has 1 nitrogen and oxygen atoms in total. The van der Waals surface area contributed by atoms with Crippen LogP contribution >= 0.6 is 0 Å². The van der Waals surface area contributed by atoms with Gasteiger partial charge in [0.2, 0.25) is 0 Å². The van der Waals surface area contributed by atoms with Gasteiger partial charge in [0.05, 0.1) is 5.60 Å². The maximum atomic E-state index is 10.6. The Balaban J connectivity index is 2.61. The van der Waals surface area contributed by atoms with E-state index in [2.05, 4.69) is 26.0 Å². The van der Waals surface area contributed by atoms with Crippen LogP contribution in [0, 0.1) is 5.92 Å². The lowest BCUT2D eigenvalue weighted by atomic mass is 9.86. The van der Waals surface area contributed by atoms with Crippen LogP contribution in [0.5, 0.6) is 0 Å². The molecule has 0 aliphatic heterocycles. The summed E-state index contributed by atoms with van der Waals surface area (Å²) in [5, 5.41) is 10.6. The van der Waals surface area contributed by atoms with Crippen molar-refractivity contribution in [3.05, 3.63) is 48.0 Å². The quantitative estimate of drug-likeness (QED) is 0.736. The molecular weight excluding hydrogens is 208 g/mol. The molecular formula is C16H24O. The highest BCUT2D eigenvalue weighted by atomic mass is 16.3. The molecule has 0 spiro atoms. The summed E-state index contributed by atoms with van der Waals surface area (Å²) in [6.07, 6.45) is 6.43. The first-order valence-electron chi connectivity index (χ1n) is 6.46. The van der Waals surface area contributed by atoms with Gasteiger partial charge in [-0.3, -0.25) is 0 Å². The monoisotopic (exact) mass is 232 g/mol. The molecule has 0 aliphatic carbocycles. The Kier molecular flexibility index (Phi) is 5.43. The molecule has 1 N–H and O–H groups in total. The van der Waals surface area contributed by atoms with Crippen LogP contribution in [-0.4, -0.2) is 10.7 Å². The van der Waals surface area contributed by atoms with Crippen molar-refractivity contribution in [2.24, 2.45) is 5.92 Å². The number of benzene rings is 1. The van der Waals surface area contributed by atoms with E-state index in [1.54, 1.807) is 0 Å². The van der Waals surface area contributed by atoms with Crippen LogP contribution in [0.2, 0.25) is 0 Å². The third kappa shape index (κ3) is 5.18. The lowest BCUT2D eigenvalue weighted by molar-refractivity contribution is 0.0594. The fourth-order valence-corrected chi connectivity index (χ4v) is 2.28. The van der Waals surface area contributed by atoms with Crippen molar-refractivity contribution in [1.29, 1.82) is 0 Å². The number of rotatable bonds is 6. The van der Waals surface area contributed by atoms with Gasteiger partial charge >= 0.3 is 0 Å². The number of hydrogen-bond donors (Lipinski definition) is 1. The summed E-state index contributed by atoms with van der Waals surface area (Å²) in [5.41, 5.74) is 0.637. The number of aryl methyl sites for hydroxylation is 1. The third-order valence-corrected chi connectivity index (χ3v) is 2.93. The largest absolute Gasteiger partial charge is 0.386 e. The van der Waals surface area contributed by atoms with Crippen molar-refractivity contribution < 1.29 is 5.11 Å². The topological polar surface area (TPSA) is 20.2 Å². The van der Waals surface area contributed by atoms with E-state index in [4.69, 9.17) is 0 Å². The van der Waals surface area contributed by atoms with Gasteiger partial charge in [0.15, 0.2) is 0 Å². The van der Waals surface area contributed by atoms with Gasteiger partial charge in [-0.1, -0.05) is 56.3 Å². The van der Waals surface area contributed by atoms with Crippen molar-refractivity contribution in [3.8, 4) is 0 Å². The number of hydrogen-bond acceptors (Lipinski definition) is 1. The van der Waals surface area contributed by atoms with Gasteiger partial charge in [-0.15, -0.1) is 0 Å². The molecule has 0 bridgehead atoms. The van der Waals surface area contributed by atoms with Gasteiger partial charge in [0.1, 0.15) is 0 Å². The first-order chi connectivity index (χ1) is 8.06. The summed E-state index contributed by atoms with van der Waals surface area (Å²) < 4.78 is 0. The molecule has 1 aromatic rings. The van der Waals surface area contributed by atoms with Gasteiger partial charge in [-0.2, -0.15) is 0 Å². The second-order valence-corrected chi connectivity index (χ2v) is 5.19. The molecule has 1 atom stereocenters. The minimum atomic E-state index is -0.654.